The Hall–Kier alpha value is -0.520. The first-order valence-electron chi connectivity index (χ1n) is 3.70. The van der Waals surface area contributed by atoms with E-state index in [0.717, 1.165) is 0 Å². The van der Waals surface area contributed by atoms with Gasteiger partial charge in [0.15, 0.2) is 0 Å². The summed E-state index contributed by atoms with van der Waals surface area (Å²) in [7, 11) is 0. The lowest BCUT2D eigenvalue weighted by molar-refractivity contribution is 0.911. The molecule has 0 heterocycles. The molecule has 9 heavy (non-hydrogen) atoms. The van der Waals surface area contributed by atoms with Crippen molar-refractivity contribution < 1.29 is 0 Å². The predicted molar refractivity (Wildman–Crippen MR) is 41.4 cm³/mol. The second kappa shape index (κ2) is 3.49. The summed E-state index contributed by atoms with van der Waals surface area (Å²) in [6, 6.07) is 0. The van der Waals surface area contributed by atoms with Gasteiger partial charge in [-0.2, -0.15) is 0 Å². The van der Waals surface area contributed by atoms with Gasteiger partial charge in [-0.15, -0.1) is 0 Å². The van der Waals surface area contributed by atoms with Crippen molar-refractivity contribution in [1.82, 2.24) is 0 Å². The predicted octanol–water partition coefficient (Wildman–Crippen LogP) is 3.06. The van der Waals surface area contributed by atoms with E-state index in [1.807, 2.05) is 0 Å². The molecule has 0 fully saturated rings. The zero-order valence-corrected chi connectivity index (χ0v) is 6.06. The first-order chi connectivity index (χ1) is 4.39. The molecule has 0 aromatic heterocycles. The van der Waals surface area contributed by atoms with E-state index >= 15 is 0 Å². The number of hydrogen-bond donors (Lipinski definition) is 0. The second-order valence-corrected chi connectivity index (χ2v) is 2.64. The third kappa shape index (κ3) is 2.50. The standard InChI is InChI=1S/C9H14/c1-9-7-5-3-2-4-6-8-9/h2-3,8H,4-7H2,1H3/b3-2-,9-8?. The molecular weight excluding hydrogens is 108 g/mol. The summed E-state index contributed by atoms with van der Waals surface area (Å²) in [5.74, 6) is 0. The van der Waals surface area contributed by atoms with E-state index < -0.39 is 0 Å². The summed E-state index contributed by atoms with van der Waals surface area (Å²) in [6.45, 7) is 2.22. The summed E-state index contributed by atoms with van der Waals surface area (Å²) in [4.78, 5) is 0. The van der Waals surface area contributed by atoms with Gasteiger partial charge in [-0.05, 0) is 32.6 Å². The molecule has 1 rings (SSSR count). The zero-order chi connectivity index (χ0) is 6.53. The lowest BCUT2D eigenvalue weighted by Gasteiger charge is -2.00. The maximum Gasteiger partial charge on any atom is -0.0288 e. The summed E-state index contributed by atoms with van der Waals surface area (Å²) < 4.78 is 0. The maximum atomic E-state index is 2.35. The zero-order valence-electron chi connectivity index (χ0n) is 6.06. The van der Waals surface area contributed by atoms with Crippen LogP contribution in [0.15, 0.2) is 23.8 Å². The molecule has 0 nitrogen and oxygen atoms in total. The van der Waals surface area contributed by atoms with Crippen molar-refractivity contribution in [2.75, 3.05) is 0 Å². The number of hydrogen-bond acceptors (Lipinski definition) is 0. The van der Waals surface area contributed by atoms with Crippen molar-refractivity contribution in [2.24, 2.45) is 0 Å². The van der Waals surface area contributed by atoms with Crippen LogP contribution in [0, 0.1) is 0 Å². The molecule has 0 radical (unpaired) electrons. The Balaban J connectivity index is 2.41. The van der Waals surface area contributed by atoms with E-state index in [9.17, 15) is 0 Å². The monoisotopic (exact) mass is 122 g/mol. The van der Waals surface area contributed by atoms with Gasteiger partial charge in [-0.25, -0.2) is 0 Å². The molecule has 0 heteroatoms. The molecule has 50 valence electrons. The normalized spacial score (nSPS) is 23.9. The van der Waals surface area contributed by atoms with E-state index in [2.05, 4.69) is 25.2 Å². The molecule has 1 aliphatic rings. The van der Waals surface area contributed by atoms with Gasteiger partial charge < -0.3 is 0 Å². The third-order valence-electron chi connectivity index (χ3n) is 1.70. The van der Waals surface area contributed by atoms with Crippen LogP contribution >= 0.6 is 0 Å². The molecule has 0 aromatic carbocycles. The van der Waals surface area contributed by atoms with Crippen molar-refractivity contribution in [3.63, 3.8) is 0 Å². The van der Waals surface area contributed by atoms with E-state index in [4.69, 9.17) is 0 Å². The molecule has 0 unspecified atom stereocenters. The van der Waals surface area contributed by atoms with Gasteiger partial charge in [0.25, 0.3) is 0 Å². The first-order valence-corrected chi connectivity index (χ1v) is 3.70. The van der Waals surface area contributed by atoms with E-state index in [1.54, 1.807) is 5.57 Å². The Morgan fingerprint density at radius 3 is 2.78 bits per heavy atom. The van der Waals surface area contributed by atoms with Crippen LogP contribution in [0.25, 0.3) is 0 Å². The maximum absolute atomic E-state index is 2.35. The summed E-state index contributed by atoms with van der Waals surface area (Å²) >= 11 is 0. The van der Waals surface area contributed by atoms with E-state index in [0.29, 0.717) is 0 Å². The molecule has 0 saturated carbocycles. The summed E-state index contributed by atoms with van der Waals surface area (Å²) in [6.07, 6.45) is 11.9. The van der Waals surface area contributed by atoms with Crippen LogP contribution in [-0.4, -0.2) is 0 Å². The number of allylic oxidation sites excluding steroid dienone is 4. The van der Waals surface area contributed by atoms with Crippen LogP contribution in [0.5, 0.6) is 0 Å². The minimum atomic E-state index is 1.23. The van der Waals surface area contributed by atoms with Gasteiger partial charge in [-0.3, -0.25) is 0 Å². The fraction of sp³-hybridized carbons (Fsp3) is 0.556. The van der Waals surface area contributed by atoms with Crippen molar-refractivity contribution in [3.05, 3.63) is 23.8 Å². The topological polar surface area (TPSA) is 0 Å². The smallest absolute Gasteiger partial charge is 0.0288 e. The lowest BCUT2D eigenvalue weighted by Crippen LogP contribution is -1.79. The van der Waals surface area contributed by atoms with Crippen LogP contribution < -0.4 is 0 Å². The second-order valence-electron chi connectivity index (χ2n) is 2.64. The van der Waals surface area contributed by atoms with Gasteiger partial charge in [0.2, 0.25) is 0 Å². The van der Waals surface area contributed by atoms with Crippen LogP contribution in [0.1, 0.15) is 32.6 Å². The molecular formula is C9H14. The minimum Gasteiger partial charge on any atom is -0.0882 e. The summed E-state index contributed by atoms with van der Waals surface area (Å²) in [5, 5.41) is 0. The van der Waals surface area contributed by atoms with Gasteiger partial charge in [0.1, 0.15) is 0 Å². The van der Waals surface area contributed by atoms with Gasteiger partial charge in [-0.1, -0.05) is 23.8 Å². The van der Waals surface area contributed by atoms with Crippen molar-refractivity contribution in [1.29, 1.82) is 0 Å². The molecule has 1 aliphatic carbocycles. The summed E-state index contributed by atoms with van der Waals surface area (Å²) in [5.41, 5.74) is 1.55. The van der Waals surface area contributed by atoms with E-state index in [-0.39, 0.29) is 0 Å². The average molecular weight is 122 g/mol. The van der Waals surface area contributed by atoms with E-state index in [1.165, 1.54) is 25.7 Å². The molecule has 0 atom stereocenters. The highest BCUT2D eigenvalue weighted by Crippen LogP contribution is 2.10. The fourth-order valence-corrected chi connectivity index (χ4v) is 1.07. The Kier molecular flexibility index (Phi) is 2.56. The molecule has 0 aromatic rings. The van der Waals surface area contributed by atoms with Crippen LogP contribution in [0.4, 0.5) is 0 Å². The van der Waals surface area contributed by atoms with Gasteiger partial charge >= 0.3 is 0 Å². The Bertz CT molecular complexity index is 129. The highest BCUT2D eigenvalue weighted by Gasteiger charge is 1.90. The SMILES string of the molecule is CC1=CCC/C=C\CC1. The number of rotatable bonds is 0. The Labute approximate surface area is 57.3 Å². The van der Waals surface area contributed by atoms with Crippen molar-refractivity contribution >= 4 is 0 Å². The molecule has 0 aliphatic heterocycles. The Morgan fingerprint density at radius 2 is 1.89 bits per heavy atom. The minimum absolute atomic E-state index is 1.23. The highest BCUT2D eigenvalue weighted by atomic mass is 14.0. The third-order valence-corrected chi connectivity index (χ3v) is 1.70. The van der Waals surface area contributed by atoms with Gasteiger partial charge in [0.05, 0.1) is 0 Å². The van der Waals surface area contributed by atoms with Crippen molar-refractivity contribution in [2.45, 2.75) is 32.6 Å². The van der Waals surface area contributed by atoms with Crippen LogP contribution in [0.3, 0.4) is 0 Å². The quantitative estimate of drug-likeness (QED) is 0.433. The van der Waals surface area contributed by atoms with Crippen LogP contribution in [-0.2, 0) is 0 Å². The molecule has 0 N–H and O–H groups in total. The highest BCUT2D eigenvalue weighted by molar-refractivity contribution is 5.03. The molecule has 0 bridgehead atoms. The Morgan fingerprint density at radius 1 is 1.11 bits per heavy atom. The molecule has 0 saturated heterocycles. The first kappa shape index (κ1) is 6.60. The largest absolute Gasteiger partial charge is 0.0882 e. The average Bonchev–Trinajstić information content (AvgIpc) is 1.79. The molecule has 0 amide bonds. The van der Waals surface area contributed by atoms with Gasteiger partial charge in [0, 0.05) is 0 Å². The van der Waals surface area contributed by atoms with Crippen molar-refractivity contribution in [3.8, 4) is 0 Å². The van der Waals surface area contributed by atoms with Crippen LogP contribution in [0.2, 0.25) is 0 Å². The molecule has 0 spiro atoms. The fourth-order valence-electron chi connectivity index (χ4n) is 1.07. The lowest BCUT2D eigenvalue weighted by atomic mass is 10.1.